The Labute approximate surface area is 75.2 Å². The summed E-state index contributed by atoms with van der Waals surface area (Å²) in [5.41, 5.74) is 0.307. The van der Waals surface area contributed by atoms with E-state index in [9.17, 15) is 0 Å². The minimum absolute atomic E-state index is 0.307. The molecule has 0 N–H and O–H groups in total. The summed E-state index contributed by atoms with van der Waals surface area (Å²) in [5, 5.41) is 0. The third kappa shape index (κ3) is 1.74. The summed E-state index contributed by atoms with van der Waals surface area (Å²) in [7, 11) is 2.05. The molecule has 0 aromatic rings. The Morgan fingerprint density at radius 1 is 1.50 bits per heavy atom. The fourth-order valence-corrected chi connectivity index (χ4v) is 1.77. The molecule has 1 aliphatic rings. The Kier molecular flexibility index (Phi) is 2.36. The van der Waals surface area contributed by atoms with E-state index in [0.717, 1.165) is 18.9 Å². The Morgan fingerprint density at radius 3 is 2.50 bits per heavy atom. The predicted molar refractivity (Wildman–Crippen MR) is 50.7 cm³/mol. The van der Waals surface area contributed by atoms with Crippen LogP contribution < -0.4 is 0 Å². The molecular formula is C10H19NO. The van der Waals surface area contributed by atoms with Crippen molar-refractivity contribution in [1.29, 1.82) is 0 Å². The molecule has 0 amide bonds. The van der Waals surface area contributed by atoms with Crippen LogP contribution in [0.15, 0.2) is 12.5 Å². The Bertz CT molecular complexity index is 181. The van der Waals surface area contributed by atoms with E-state index in [1.165, 1.54) is 0 Å². The topological polar surface area (TPSA) is 12.5 Å². The molecule has 0 bridgehead atoms. The van der Waals surface area contributed by atoms with Gasteiger partial charge in [-0.2, -0.15) is 0 Å². The zero-order valence-corrected chi connectivity index (χ0v) is 8.55. The second-order valence-electron chi connectivity index (χ2n) is 4.52. The Balaban J connectivity index is 2.70. The average molecular weight is 169 g/mol. The molecule has 0 saturated carbocycles. The van der Waals surface area contributed by atoms with E-state index in [2.05, 4.69) is 39.3 Å². The summed E-state index contributed by atoms with van der Waals surface area (Å²) in [6.45, 7) is 11.4. The molecule has 1 aliphatic heterocycles. The third-order valence-corrected chi connectivity index (χ3v) is 2.52. The second kappa shape index (κ2) is 3.00. The van der Waals surface area contributed by atoms with Crippen LogP contribution in [0.1, 0.15) is 27.2 Å². The van der Waals surface area contributed by atoms with Crippen LogP contribution in [0.4, 0.5) is 0 Å². The molecule has 70 valence electrons. The predicted octanol–water partition coefficient (Wildman–Crippen LogP) is 2.22. The molecule has 1 fully saturated rings. The fourth-order valence-electron chi connectivity index (χ4n) is 1.77. The van der Waals surface area contributed by atoms with Gasteiger partial charge in [0.05, 0.1) is 6.61 Å². The van der Waals surface area contributed by atoms with Crippen molar-refractivity contribution in [2.75, 3.05) is 13.7 Å². The van der Waals surface area contributed by atoms with Crippen LogP contribution in [-0.4, -0.2) is 24.6 Å². The second-order valence-corrected chi connectivity index (χ2v) is 4.52. The van der Waals surface area contributed by atoms with Crippen molar-refractivity contribution in [1.82, 2.24) is 4.90 Å². The van der Waals surface area contributed by atoms with E-state index >= 15 is 0 Å². The first-order valence-electron chi connectivity index (χ1n) is 4.47. The lowest BCUT2D eigenvalue weighted by Crippen LogP contribution is -2.45. The van der Waals surface area contributed by atoms with E-state index in [4.69, 9.17) is 4.74 Å². The minimum Gasteiger partial charge on any atom is -0.479 e. The summed E-state index contributed by atoms with van der Waals surface area (Å²) in [6, 6.07) is 0.554. The molecule has 0 aliphatic carbocycles. The number of ether oxygens (including phenoxy) is 1. The van der Waals surface area contributed by atoms with Gasteiger partial charge in [-0.15, -0.1) is 0 Å². The number of rotatable bonds is 0. The van der Waals surface area contributed by atoms with Crippen molar-refractivity contribution in [3.8, 4) is 0 Å². The van der Waals surface area contributed by atoms with Crippen molar-refractivity contribution < 1.29 is 4.74 Å². The van der Waals surface area contributed by atoms with Crippen LogP contribution in [0, 0.1) is 5.41 Å². The van der Waals surface area contributed by atoms with Crippen LogP contribution in [-0.2, 0) is 4.74 Å². The van der Waals surface area contributed by atoms with Crippen molar-refractivity contribution in [3.63, 3.8) is 0 Å². The van der Waals surface area contributed by atoms with Gasteiger partial charge in [0.2, 0.25) is 0 Å². The van der Waals surface area contributed by atoms with E-state index < -0.39 is 0 Å². The molecule has 0 spiro atoms. The maximum Gasteiger partial charge on any atom is 0.181 e. The highest BCUT2D eigenvalue weighted by molar-refractivity contribution is 4.94. The summed E-state index contributed by atoms with van der Waals surface area (Å²) in [5.74, 6) is 0.807. The van der Waals surface area contributed by atoms with Gasteiger partial charge in [-0.1, -0.05) is 20.8 Å². The first kappa shape index (κ1) is 9.43. The van der Waals surface area contributed by atoms with E-state index in [-0.39, 0.29) is 0 Å². The number of hydrogen-bond donors (Lipinski definition) is 0. The lowest BCUT2D eigenvalue weighted by atomic mass is 9.83. The molecule has 1 heterocycles. The fraction of sp³-hybridized carbons (Fsp3) is 0.800. The van der Waals surface area contributed by atoms with Crippen molar-refractivity contribution >= 4 is 0 Å². The van der Waals surface area contributed by atoms with Crippen molar-refractivity contribution in [2.45, 2.75) is 33.2 Å². The van der Waals surface area contributed by atoms with Gasteiger partial charge in [-0.3, -0.25) is 0 Å². The van der Waals surface area contributed by atoms with Crippen molar-refractivity contribution in [2.24, 2.45) is 5.41 Å². The number of hydrogen-bond acceptors (Lipinski definition) is 2. The summed E-state index contributed by atoms with van der Waals surface area (Å²) >= 11 is 0. The quantitative estimate of drug-likeness (QED) is 0.551. The average Bonchev–Trinajstić information content (AvgIpc) is 1.92. The lowest BCUT2D eigenvalue weighted by molar-refractivity contribution is -0.000108. The highest BCUT2D eigenvalue weighted by atomic mass is 16.5. The Hall–Kier alpha value is -0.660. The molecule has 0 aromatic heterocycles. The molecule has 1 saturated heterocycles. The van der Waals surface area contributed by atoms with Crippen LogP contribution in [0.3, 0.4) is 0 Å². The SMILES string of the molecule is C=C1OCCC(C(C)(C)C)N1C. The summed E-state index contributed by atoms with van der Waals surface area (Å²) in [4.78, 5) is 2.14. The smallest absolute Gasteiger partial charge is 0.181 e. The normalized spacial score (nSPS) is 25.5. The Morgan fingerprint density at radius 2 is 2.08 bits per heavy atom. The van der Waals surface area contributed by atoms with Crippen LogP contribution in [0.25, 0.3) is 0 Å². The van der Waals surface area contributed by atoms with Crippen molar-refractivity contribution in [3.05, 3.63) is 12.5 Å². The molecule has 1 atom stereocenters. The molecular weight excluding hydrogens is 150 g/mol. The minimum atomic E-state index is 0.307. The zero-order chi connectivity index (χ0) is 9.35. The first-order valence-corrected chi connectivity index (χ1v) is 4.47. The van der Waals surface area contributed by atoms with E-state index in [1.807, 2.05) is 0 Å². The molecule has 0 radical (unpaired) electrons. The zero-order valence-electron chi connectivity index (χ0n) is 8.55. The van der Waals surface area contributed by atoms with Crippen LogP contribution >= 0.6 is 0 Å². The van der Waals surface area contributed by atoms with Gasteiger partial charge in [0, 0.05) is 19.5 Å². The molecule has 1 rings (SSSR count). The standard InChI is InChI=1S/C10H19NO/c1-8-11(5)9(6-7-12-8)10(2,3)4/h9H,1,6-7H2,2-5H3. The van der Waals surface area contributed by atoms with E-state index in [1.54, 1.807) is 0 Å². The van der Waals surface area contributed by atoms with Crippen LogP contribution in [0.2, 0.25) is 0 Å². The van der Waals surface area contributed by atoms with Gasteiger partial charge in [0.1, 0.15) is 0 Å². The highest BCUT2D eigenvalue weighted by Crippen LogP contribution is 2.31. The summed E-state index contributed by atoms with van der Waals surface area (Å²) < 4.78 is 5.35. The maximum absolute atomic E-state index is 5.35. The van der Waals surface area contributed by atoms with Gasteiger partial charge >= 0.3 is 0 Å². The van der Waals surface area contributed by atoms with E-state index in [0.29, 0.717) is 11.5 Å². The monoisotopic (exact) mass is 169 g/mol. The van der Waals surface area contributed by atoms with Gasteiger partial charge < -0.3 is 9.64 Å². The van der Waals surface area contributed by atoms with Gasteiger partial charge in [0.25, 0.3) is 0 Å². The van der Waals surface area contributed by atoms with Gasteiger partial charge in [0.15, 0.2) is 5.88 Å². The van der Waals surface area contributed by atoms with Gasteiger partial charge in [-0.05, 0) is 12.0 Å². The highest BCUT2D eigenvalue weighted by Gasteiger charge is 2.32. The third-order valence-electron chi connectivity index (χ3n) is 2.52. The molecule has 2 nitrogen and oxygen atoms in total. The molecule has 0 aromatic carbocycles. The number of nitrogens with zero attached hydrogens (tertiary/aromatic N) is 1. The van der Waals surface area contributed by atoms with Gasteiger partial charge in [-0.25, -0.2) is 0 Å². The first-order chi connectivity index (χ1) is 5.43. The molecule has 1 unspecified atom stereocenters. The lowest BCUT2D eigenvalue weighted by Gasteiger charge is -2.43. The summed E-state index contributed by atoms with van der Waals surface area (Å²) in [6.07, 6.45) is 1.10. The molecule has 2 heteroatoms. The largest absolute Gasteiger partial charge is 0.479 e. The van der Waals surface area contributed by atoms with Crippen LogP contribution in [0.5, 0.6) is 0 Å². The molecule has 12 heavy (non-hydrogen) atoms. The maximum atomic E-state index is 5.35.